The lowest BCUT2D eigenvalue weighted by molar-refractivity contribution is -0.144. The van der Waals surface area contributed by atoms with Gasteiger partial charge in [0.1, 0.15) is 0 Å². The highest BCUT2D eigenvalue weighted by Gasteiger charge is 2.49. The van der Waals surface area contributed by atoms with Crippen molar-refractivity contribution in [2.75, 3.05) is 0 Å². The van der Waals surface area contributed by atoms with Crippen LogP contribution in [-0.4, -0.2) is 23.4 Å². The van der Waals surface area contributed by atoms with Crippen molar-refractivity contribution in [3.05, 3.63) is 0 Å². The van der Waals surface area contributed by atoms with Crippen molar-refractivity contribution in [3.8, 4) is 0 Å². The van der Waals surface area contributed by atoms with E-state index in [1.54, 1.807) is 0 Å². The molecule has 2 fully saturated rings. The highest BCUT2D eigenvalue weighted by molar-refractivity contribution is 6.05. The van der Waals surface area contributed by atoms with Gasteiger partial charge in [-0.05, 0) is 25.7 Å². The fraction of sp³-hybridized carbons (Fsp3) is 0.778. The molecule has 1 saturated heterocycles. The van der Waals surface area contributed by atoms with E-state index in [1.807, 2.05) is 6.92 Å². The van der Waals surface area contributed by atoms with Crippen molar-refractivity contribution in [1.29, 1.82) is 0 Å². The first-order valence-electron chi connectivity index (χ1n) is 4.81. The van der Waals surface area contributed by atoms with E-state index in [4.69, 9.17) is 0 Å². The first-order valence-corrected chi connectivity index (χ1v) is 4.81. The lowest BCUT2D eigenvalue weighted by Gasteiger charge is -2.46. The smallest absolute Gasteiger partial charge is 0.246 e. The van der Waals surface area contributed by atoms with Crippen LogP contribution >= 0.6 is 0 Å². The molecule has 2 N–H and O–H groups in total. The largest absolute Gasteiger partial charge is 0.293 e. The Bertz CT molecular complexity index is 258. The van der Waals surface area contributed by atoms with Crippen LogP contribution in [0, 0.1) is 0 Å². The van der Waals surface area contributed by atoms with Crippen molar-refractivity contribution in [2.45, 2.75) is 44.2 Å². The van der Waals surface area contributed by atoms with Crippen LogP contribution in [0.2, 0.25) is 0 Å². The van der Waals surface area contributed by atoms with Crippen LogP contribution in [0.15, 0.2) is 0 Å². The van der Waals surface area contributed by atoms with E-state index in [0.717, 1.165) is 25.7 Å². The Morgan fingerprint density at radius 3 is 2.62 bits per heavy atom. The standard InChI is InChI=1S/C9H14N2O2/c1-2-6-7(12)10-8(13)9(11-6)4-3-5-9/h6,11H,2-5H2,1H3,(H,10,12,13). The molecule has 0 aromatic rings. The summed E-state index contributed by atoms with van der Waals surface area (Å²) in [5.74, 6) is -0.307. The molecule has 2 aliphatic rings. The molecule has 0 aromatic heterocycles. The SMILES string of the molecule is CCC1NC2(CCC2)C(=O)NC1=O. The van der Waals surface area contributed by atoms with Gasteiger partial charge in [0.25, 0.3) is 0 Å². The Hall–Kier alpha value is -0.900. The molecule has 13 heavy (non-hydrogen) atoms. The van der Waals surface area contributed by atoms with Gasteiger partial charge in [-0.3, -0.25) is 20.2 Å². The van der Waals surface area contributed by atoms with Crippen molar-refractivity contribution in [2.24, 2.45) is 0 Å². The van der Waals surface area contributed by atoms with Gasteiger partial charge in [-0.25, -0.2) is 0 Å². The highest BCUT2D eigenvalue weighted by atomic mass is 16.2. The van der Waals surface area contributed by atoms with Crippen molar-refractivity contribution >= 4 is 11.8 Å². The maximum absolute atomic E-state index is 11.5. The molecule has 0 radical (unpaired) electrons. The van der Waals surface area contributed by atoms with Crippen LogP contribution in [-0.2, 0) is 9.59 Å². The summed E-state index contributed by atoms with van der Waals surface area (Å²) in [7, 11) is 0. The normalized spacial score (nSPS) is 31.3. The first-order chi connectivity index (χ1) is 6.18. The molecule has 4 heteroatoms. The lowest BCUT2D eigenvalue weighted by atomic mass is 9.74. The summed E-state index contributed by atoms with van der Waals surface area (Å²) in [5, 5.41) is 5.59. The summed E-state index contributed by atoms with van der Waals surface area (Å²) < 4.78 is 0. The number of imide groups is 1. The molecule has 4 nitrogen and oxygen atoms in total. The molecule has 1 aliphatic carbocycles. The van der Waals surface area contributed by atoms with Gasteiger partial charge in [0, 0.05) is 0 Å². The molecule has 1 saturated carbocycles. The Morgan fingerprint density at radius 1 is 1.46 bits per heavy atom. The number of amides is 2. The number of carbonyl (C=O) groups is 2. The van der Waals surface area contributed by atoms with Crippen LogP contribution in [0.1, 0.15) is 32.6 Å². The van der Waals surface area contributed by atoms with E-state index in [0.29, 0.717) is 0 Å². The van der Waals surface area contributed by atoms with Crippen LogP contribution in [0.4, 0.5) is 0 Å². The van der Waals surface area contributed by atoms with Gasteiger partial charge >= 0.3 is 0 Å². The highest BCUT2D eigenvalue weighted by Crippen LogP contribution is 2.34. The lowest BCUT2D eigenvalue weighted by Crippen LogP contribution is -2.71. The number of nitrogens with one attached hydrogen (secondary N) is 2. The predicted octanol–water partition coefficient (Wildman–Crippen LogP) is -0.0663. The van der Waals surface area contributed by atoms with Gasteiger partial charge in [0.05, 0.1) is 11.6 Å². The van der Waals surface area contributed by atoms with E-state index in [-0.39, 0.29) is 17.9 Å². The Morgan fingerprint density at radius 2 is 2.15 bits per heavy atom. The topological polar surface area (TPSA) is 58.2 Å². The van der Waals surface area contributed by atoms with Crippen LogP contribution in [0.25, 0.3) is 0 Å². The quantitative estimate of drug-likeness (QED) is 0.558. The molecule has 2 amide bonds. The van der Waals surface area contributed by atoms with Crippen LogP contribution < -0.4 is 10.6 Å². The molecule has 1 aliphatic heterocycles. The van der Waals surface area contributed by atoms with E-state index >= 15 is 0 Å². The summed E-state index contributed by atoms with van der Waals surface area (Å²) in [4.78, 5) is 22.7. The molecule has 72 valence electrons. The first kappa shape index (κ1) is 8.69. The molecule has 0 aromatic carbocycles. The predicted molar refractivity (Wildman–Crippen MR) is 46.9 cm³/mol. The maximum Gasteiger partial charge on any atom is 0.246 e. The third kappa shape index (κ3) is 1.16. The molecule has 0 bridgehead atoms. The van der Waals surface area contributed by atoms with Gasteiger partial charge < -0.3 is 0 Å². The van der Waals surface area contributed by atoms with E-state index in [9.17, 15) is 9.59 Å². The second-order valence-electron chi connectivity index (χ2n) is 3.86. The third-order valence-electron chi connectivity index (χ3n) is 3.05. The van der Waals surface area contributed by atoms with Gasteiger partial charge in [0.15, 0.2) is 0 Å². The fourth-order valence-electron chi connectivity index (χ4n) is 1.97. The number of rotatable bonds is 1. The second-order valence-corrected chi connectivity index (χ2v) is 3.86. The van der Waals surface area contributed by atoms with Gasteiger partial charge in [-0.1, -0.05) is 6.92 Å². The van der Waals surface area contributed by atoms with E-state index < -0.39 is 5.54 Å². The molecular weight excluding hydrogens is 168 g/mol. The van der Waals surface area contributed by atoms with Crippen LogP contribution in [0.3, 0.4) is 0 Å². The minimum absolute atomic E-state index is 0.131. The molecule has 2 rings (SSSR count). The number of piperazine rings is 1. The van der Waals surface area contributed by atoms with Crippen LogP contribution in [0.5, 0.6) is 0 Å². The summed E-state index contributed by atoms with van der Waals surface area (Å²) in [6, 6.07) is -0.182. The van der Waals surface area contributed by atoms with Crippen molar-refractivity contribution in [3.63, 3.8) is 0 Å². The summed E-state index contributed by atoms with van der Waals surface area (Å²) >= 11 is 0. The third-order valence-corrected chi connectivity index (χ3v) is 3.05. The van der Waals surface area contributed by atoms with Gasteiger partial charge in [-0.2, -0.15) is 0 Å². The number of hydrogen-bond donors (Lipinski definition) is 2. The van der Waals surface area contributed by atoms with Crippen molar-refractivity contribution < 1.29 is 9.59 Å². The number of carbonyl (C=O) groups excluding carboxylic acids is 2. The Balaban J connectivity index is 2.14. The van der Waals surface area contributed by atoms with Gasteiger partial charge in [0.2, 0.25) is 11.8 Å². The van der Waals surface area contributed by atoms with Crippen molar-refractivity contribution in [1.82, 2.24) is 10.6 Å². The van der Waals surface area contributed by atoms with Gasteiger partial charge in [-0.15, -0.1) is 0 Å². The molecule has 1 unspecified atom stereocenters. The maximum atomic E-state index is 11.5. The molecule has 1 spiro atoms. The number of hydrogen-bond acceptors (Lipinski definition) is 3. The second kappa shape index (κ2) is 2.80. The summed E-state index contributed by atoms with van der Waals surface area (Å²) in [6.45, 7) is 1.94. The average molecular weight is 182 g/mol. The fourth-order valence-corrected chi connectivity index (χ4v) is 1.97. The Kier molecular flexibility index (Phi) is 1.87. The average Bonchev–Trinajstić information content (AvgIpc) is 2.02. The molecule has 1 atom stereocenters. The zero-order chi connectivity index (χ0) is 9.47. The minimum atomic E-state index is -0.408. The Labute approximate surface area is 77.1 Å². The van der Waals surface area contributed by atoms with E-state index in [1.165, 1.54) is 0 Å². The molecule has 1 heterocycles. The minimum Gasteiger partial charge on any atom is -0.293 e. The zero-order valence-corrected chi connectivity index (χ0v) is 7.72. The summed E-state index contributed by atoms with van der Waals surface area (Å²) in [5.41, 5.74) is -0.408. The monoisotopic (exact) mass is 182 g/mol. The van der Waals surface area contributed by atoms with E-state index in [2.05, 4.69) is 10.6 Å². The molecular formula is C9H14N2O2. The summed E-state index contributed by atoms with van der Waals surface area (Å²) in [6.07, 6.45) is 3.54. The zero-order valence-electron chi connectivity index (χ0n) is 7.72.